The normalized spacial score (nSPS) is 24.2. The number of nitrogens with zero attached hydrogens (tertiary/aromatic N) is 3. The molecule has 3 aliphatic heterocycles. The molecule has 3 aromatic rings. The SMILES string of the molecule is NC1[C@H]2CN(CCOc3cccc(-c4cccc(CNCC[C@H]5CN(c6ccc7c(n6)NC(=O)CO7)C(=O)O5)c4)c3)C[C@@H]12. The second-order valence-electron chi connectivity index (χ2n) is 11.7. The van der Waals surface area contributed by atoms with Gasteiger partial charge in [-0.1, -0.05) is 30.3 Å². The zero-order chi connectivity index (χ0) is 29.3. The Kier molecular flexibility index (Phi) is 7.60. The van der Waals surface area contributed by atoms with Crippen LogP contribution in [0.2, 0.25) is 0 Å². The van der Waals surface area contributed by atoms with Crippen LogP contribution in [-0.2, 0) is 16.1 Å². The number of amides is 2. The maximum absolute atomic E-state index is 12.5. The molecule has 224 valence electrons. The van der Waals surface area contributed by atoms with Crippen molar-refractivity contribution in [2.45, 2.75) is 25.1 Å². The van der Waals surface area contributed by atoms with Crippen LogP contribution < -0.4 is 30.7 Å². The quantitative estimate of drug-likeness (QED) is 0.291. The zero-order valence-electron chi connectivity index (χ0n) is 23.9. The summed E-state index contributed by atoms with van der Waals surface area (Å²) in [5.74, 6) is 3.22. The van der Waals surface area contributed by atoms with Crippen LogP contribution >= 0.6 is 0 Å². The molecule has 0 bridgehead atoms. The molecule has 2 aromatic carbocycles. The Labute approximate surface area is 250 Å². The van der Waals surface area contributed by atoms with Gasteiger partial charge in [0.05, 0.1) is 6.54 Å². The highest BCUT2D eigenvalue weighted by Crippen LogP contribution is 2.43. The molecule has 0 radical (unpaired) electrons. The first-order valence-electron chi connectivity index (χ1n) is 14.9. The summed E-state index contributed by atoms with van der Waals surface area (Å²) < 4.78 is 17.0. The van der Waals surface area contributed by atoms with Gasteiger partial charge in [-0.05, 0) is 71.8 Å². The number of ether oxygens (including phenoxy) is 3. The number of pyridine rings is 1. The van der Waals surface area contributed by atoms with E-state index in [1.165, 1.54) is 10.5 Å². The van der Waals surface area contributed by atoms with E-state index < -0.39 is 6.09 Å². The third kappa shape index (κ3) is 6.15. The van der Waals surface area contributed by atoms with Crippen molar-refractivity contribution < 1.29 is 23.8 Å². The molecule has 1 aromatic heterocycles. The van der Waals surface area contributed by atoms with Crippen molar-refractivity contribution in [2.24, 2.45) is 17.6 Å². The van der Waals surface area contributed by atoms with E-state index in [1.54, 1.807) is 12.1 Å². The Morgan fingerprint density at radius 3 is 2.70 bits per heavy atom. The van der Waals surface area contributed by atoms with Crippen molar-refractivity contribution in [3.05, 3.63) is 66.2 Å². The van der Waals surface area contributed by atoms with Crippen molar-refractivity contribution in [3.63, 3.8) is 0 Å². The number of aromatic nitrogens is 1. The minimum absolute atomic E-state index is 0.0440. The van der Waals surface area contributed by atoms with Crippen LogP contribution in [0.4, 0.5) is 16.4 Å². The summed E-state index contributed by atoms with van der Waals surface area (Å²) in [6, 6.07) is 20.5. The van der Waals surface area contributed by atoms with Crippen molar-refractivity contribution in [1.29, 1.82) is 0 Å². The van der Waals surface area contributed by atoms with Crippen LogP contribution in [0, 0.1) is 11.8 Å². The van der Waals surface area contributed by atoms with Crippen LogP contribution in [0.1, 0.15) is 12.0 Å². The number of carbonyl (C=O) groups excluding carboxylic acids is 2. The lowest BCUT2D eigenvalue weighted by Crippen LogP contribution is -2.31. The van der Waals surface area contributed by atoms with Gasteiger partial charge in [0.25, 0.3) is 5.91 Å². The molecule has 3 fully saturated rings. The van der Waals surface area contributed by atoms with Gasteiger partial charge in [0.2, 0.25) is 0 Å². The maximum atomic E-state index is 12.5. The summed E-state index contributed by atoms with van der Waals surface area (Å²) in [4.78, 5) is 32.5. The van der Waals surface area contributed by atoms with Gasteiger partial charge in [0.1, 0.15) is 24.3 Å². The van der Waals surface area contributed by atoms with E-state index in [2.05, 4.69) is 56.9 Å². The fourth-order valence-corrected chi connectivity index (χ4v) is 6.22. The number of fused-ring (bicyclic) bond motifs is 2. The lowest BCUT2D eigenvalue weighted by atomic mass is 10.0. The number of hydrogen-bond acceptors (Lipinski definition) is 9. The molecule has 7 rings (SSSR count). The number of carbonyl (C=O) groups is 2. The standard InChI is InChI=1S/C32H36N6O5/c33-30-25-17-37(18-26(25)30)11-12-41-23-6-2-5-22(14-23)21-4-1-3-20(13-21)15-34-10-9-24-16-38(32(40)43-24)28-8-7-27-31(35-28)36-29(39)19-42-27/h1-8,13-14,24-26,30,34H,9-12,15-19,33H2,(H,35,36,39)/t24-,25-,26+,30?/m0/s1. The molecule has 0 spiro atoms. The number of likely N-dealkylation sites (tertiary alicyclic amines) is 1. The molecular weight excluding hydrogens is 548 g/mol. The summed E-state index contributed by atoms with van der Waals surface area (Å²) in [5.41, 5.74) is 9.47. The number of rotatable bonds is 11. The topological polar surface area (TPSA) is 131 Å². The van der Waals surface area contributed by atoms with Gasteiger partial charge >= 0.3 is 6.09 Å². The average Bonchev–Trinajstić information content (AvgIpc) is 3.32. The average molecular weight is 585 g/mol. The summed E-state index contributed by atoms with van der Waals surface area (Å²) in [7, 11) is 0. The van der Waals surface area contributed by atoms with Gasteiger partial charge in [0.15, 0.2) is 18.2 Å². The highest BCUT2D eigenvalue weighted by atomic mass is 16.6. The number of anilines is 2. The minimum atomic E-state index is -0.448. The van der Waals surface area contributed by atoms with Gasteiger partial charge in [-0.3, -0.25) is 14.6 Å². The predicted molar refractivity (Wildman–Crippen MR) is 161 cm³/mol. The second kappa shape index (κ2) is 11.8. The van der Waals surface area contributed by atoms with Crippen molar-refractivity contribution >= 4 is 23.6 Å². The van der Waals surface area contributed by atoms with E-state index in [0.717, 1.165) is 36.5 Å². The Bertz CT molecular complexity index is 1510. The van der Waals surface area contributed by atoms with E-state index in [4.69, 9.17) is 19.9 Å². The minimum Gasteiger partial charge on any atom is -0.492 e. The summed E-state index contributed by atoms with van der Waals surface area (Å²) in [5, 5.41) is 6.14. The molecule has 2 saturated heterocycles. The largest absolute Gasteiger partial charge is 0.492 e. The maximum Gasteiger partial charge on any atom is 0.415 e. The van der Waals surface area contributed by atoms with E-state index in [1.807, 2.05) is 12.1 Å². The molecule has 4 aliphatic rings. The molecule has 4 atom stereocenters. The van der Waals surface area contributed by atoms with Gasteiger partial charge in [-0.2, -0.15) is 0 Å². The molecule has 11 nitrogen and oxygen atoms in total. The molecular formula is C32H36N6O5. The Balaban J connectivity index is 0.870. The molecule has 4 heterocycles. The number of hydrogen-bond donors (Lipinski definition) is 3. The number of nitrogens with one attached hydrogen (secondary N) is 2. The first-order chi connectivity index (χ1) is 21.0. The molecule has 2 amide bonds. The van der Waals surface area contributed by atoms with E-state index >= 15 is 0 Å². The number of piperidine rings is 1. The highest BCUT2D eigenvalue weighted by molar-refractivity contribution is 5.95. The second-order valence-corrected chi connectivity index (χ2v) is 11.7. The number of benzene rings is 2. The van der Waals surface area contributed by atoms with E-state index in [0.29, 0.717) is 67.9 Å². The highest BCUT2D eigenvalue weighted by Gasteiger charge is 2.53. The first kappa shape index (κ1) is 27.6. The van der Waals surface area contributed by atoms with Gasteiger partial charge in [0, 0.05) is 32.2 Å². The van der Waals surface area contributed by atoms with Crippen LogP contribution in [0.3, 0.4) is 0 Å². The van der Waals surface area contributed by atoms with Crippen LogP contribution in [0.25, 0.3) is 11.1 Å². The fraction of sp³-hybridized carbons (Fsp3) is 0.406. The Morgan fingerprint density at radius 1 is 1.02 bits per heavy atom. The van der Waals surface area contributed by atoms with Crippen LogP contribution in [0.15, 0.2) is 60.7 Å². The monoisotopic (exact) mass is 584 g/mol. The summed E-state index contributed by atoms with van der Waals surface area (Å²) in [6.07, 6.45) is -0.0411. The van der Waals surface area contributed by atoms with Crippen molar-refractivity contribution in [3.8, 4) is 22.6 Å². The molecule has 4 N–H and O–H groups in total. The smallest absolute Gasteiger partial charge is 0.415 e. The third-order valence-electron chi connectivity index (χ3n) is 8.69. The van der Waals surface area contributed by atoms with Crippen LogP contribution in [-0.4, -0.2) is 80.0 Å². The Morgan fingerprint density at radius 2 is 1.84 bits per heavy atom. The Hall–Kier alpha value is -4.19. The zero-order valence-corrected chi connectivity index (χ0v) is 23.9. The number of nitrogens with two attached hydrogens (primary N) is 1. The lowest BCUT2D eigenvalue weighted by Gasteiger charge is -2.19. The van der Waals surface area contributed by atoms with Crippen molar-refractivity contribution in [2.75, 3.05) is 56.2 Å². The van der Waals surface area contributed by atoms with Crippen LogP contribution in [0.5, 0.6) is 11.5 Å². The molecule has 43 heavy (non-hydrogen) atoms. The van der Waals surface area contributed by atoms with E-state index in [9.17, 15) is 9.59 Å². The van der Waals surface area contributed by atoms with Crippen molar-refractivity contribution in [1.82, 2.24) is 15.2 Å². The summed E-state index contributed by atoms with van der Waals surface area (Å²) >= 11 is 0. The molecule has 1 saturated carbocycles. The lowest BCUT2D eigenvalue weighted by molar-refractivity contribution is -0.118. The van der Waals surface area contributed by atoms with Gasteiger partial charge < -0.3 is 30.6 Å². The summed E-state index contributed by atoms with van der Waals surface area (Å²) in [6.45, 7) is 5.54. The number of cyclic esters (lactones) is 1. The molecule has 1 unspecified atom stereocenters. The molecule has 1 aliphatic carbocycles. The van der Waals surface area contributed by atoms with E-state index in [-0.39, 0.29) is 18.6 Å². The predicted octanol–water partition coefficient (Wildman–Crippen LogP) is 2.85. The molecule has 11 heteroatoms. The third-order valence-corrected chi connectivity index (χ3v) is 8.69. The van der Waals surface area contributed by atoms with Gasteiger partial charge in [-0.25, -0.2) is 9.78 Å². The fourth-order valence-electron chi connectivity index (χ4n) is 6.22. The van der Waals surface area contributed by atoms with Gasteiger partial charge in [-0.15, -0.1) is 0 Å². The first-order valence-corrected chi connectivity index (χ1v) is 14.9.